The lowest BCUT2D eigenvalue weighted by Gasteiger charge is -2.38. The van der Waals surface area contributed by atoms with E-state index in [1.165, 1.54) is 10.5 Å². The fourth-order valence-corrected chi connectivity index (χ4v) is 4.84. The molecule has 1 saturated carbocycles. The summed E-state index contributed by atoms with van der Waals surface area (Å²) in [5.41, 5.74) is 0.565. The number of amides is 3. The molecule has 0 radical (unpaired) electrons. The SMILES string of the molecule is C[C@@H]1CCCC[C@]12NC(=O)N(CN1CCN(C/C=C/c3ccccc3)CC1)C2=O. The first-order valence-electron chi connectivity index (χ1n) is 10.9. The zero-order chi connectivity index (χ0) is 20.3. The highest BCUT2D eigenvalue weighted by atomic mass is 16.2. The lowest BCUT2D eigenvalue weighted by molar-refractivity contribution is -0.136. The van der Waals surface area contributed by atoms with Gasteiger partial charge in [0.25, 0.3) is 5.91 Å². The molecule has 1 aromatic rings. The average molecular weight is 397 g/mol. The van der Waals surface area contributed by atoms with E-state index in [-0.39, 0.29) is 17.9 Å². The Hall–Kier alpha value is -2.18. The molecule has 4 rings (SSSR count). The molecule has 2 aliphatic heterocycles. The summed E-state index contributed by atoms with van der Waals surface area (Å²) in [7, 11) is 0. The molecule has 29 heavy (non-hydrogen) atoms. The van der Waals surface area contributed by atoms with Crippen molar-refractivity contribution in [2.75, 3.05) is 39.4 Å². The summed E-state index contributed by atoms with van der Waals surface area (Å²) in [6.45, 7) is 7.08. The molecule has 3 aliphatic rings. The molecule has 6 heteroatoms. The van der Waals surface area contributed by atoms with Crippen LogP contribution in [-0.4, -0.2) is 71.6 Å². The highest BCUT2D eigenvalue weighted by Gasteiger charge is 2.55. The molecule has 2 heterocycles. The third kappa shape index (κ3) is 4.23. The third-order valence-corrected chi connectivity index (χ3v) is 6.78. The minimum Gasteiger partial charge on any atom is -0.323 e. The molecule has 3 fully saturated rings. The molecule has 0 unspecified atom stereocenters. The fourth-order valence-electron chi connectivity index (χ4n) is 4.84. The van der Waals surface area contributed by atoms with Crippen molar-refractivity contribution < 1.29 is 9.59 Å². The normalized spacial score (nSPS) is 29.1. The van der Waals surface area contributed by atoms with Gasteiger partial charge in [0.05, 0.1) is 6.67 Å². The maximum absolute atomic E-state index is 13.1. The van der Waals surface area contributed by atoms with Crippen LogP contribution in [0.1, 0.15) is 38.2 Å². The smallest absolute Gasteiger partial charge is 0.323 e. The van der Waals surface area contributed by atoms with Gasteiger partial charge in [-0.15, -0.1) is 0 Å². The van der Waals surface area contributed by atoms with E-state index < -0.39 is 5.54 Å². The van der Waals surface area contributed by atoms with E-state index in [1.54, 1.807) is 0 Å². The number of nitrogens with zero attached hydrogens (tertiary/aromatic N) is 3. The third-order valence-electron chi connectivity index (χ3n) is 6.78. The molecule has 2 saturated heterocycles. The van der Waals surface area contributed by atoms with Crippen molar-refractivity contribution in [1.29, 1.82) is 0 Å². The van der Waals surface area contributed by atoms with Crippen LogP contribution in [0.5, 0.6) is 0 Å². The van der Waals surface area contributed by atoms with Gasteiger partial charge in [-0.25, -0.2) is 9.69 Å². The van der Waals surface area contributed by atoms with E-state index >= 15 is 0 Å². The maximum Gasteiger partial charge on any atom is 0.326 e. The van der Waals surface area contributed by atoms with Gasteiger partial charge in [0.2, 0.25) is 0 Å². The standard InChI is InChI=1S/C23H32N4O2/c1-19-8-5-6-12-23(19)21(28)27(22(29)24-23)18-26-16-14-25(15-17-26)13-7-11-20-9-3-2-4-10-20/h2-4,7,9-11,19H,5-6,8,12-18H2,1H3,(H,24,29)/b11-7+/t19-,23+/m1/s1. The lowest BCUT2D eigenvalue weighted by Crippen LogP contribution is -2.55. The summed E-state index contributed by atoms with van der Waals surface area (Å²) in [6.07, 6.45) is 8.30. The van der Waals surface area contributed by atoms with Crippen molar-refractivity contribution in [2.24, 2.45) is 5.92 Å². The topological polar surface area (TPSA) is 55.9 Å². The van der Waals surface area contributed by atoms with Crippen LogP contribution in [0, 0.1) is 5.92 Å². The first-order chi connectivity index (χ1) is 14.1. The molecular formula is C23H32N4O2. The maximum atomic E-state index is 13.1. The molecule has 0 bridgehead atoms. The van der Waals surface area contributed by atoms with E-state index in [9.17, 15) is 9.59 Å². The van der Waals surface area contributed by atoms with E-state index in [0.29, 0.717) is 6.67 Å². The number of hydrogen-bond acceptors (Lipinski definition) is 4. The summed E-state index contributed by atoms with van der Waals surface area (Å²) in [5, 5.41) is 3.05. The van der Waals surface area contributed by atoms with Crippen molar-refractivity contribution in [3.8, 4) is 0 Å². The number of piperazine rings is 1. The van der Waals surface area contributed by atoms with Gasteiger partial charge in [-0.3, -0.25) is 14.6 Å². The van der Waals surface area contributed by atoms with Gasteiger partial charge in [0, 0.05) is 32.7 Å². The van der Waals surface area contributed by atoms with Crippen LogP contribution >= 0.6 is 0 Å². The average Bonchev–Trinajstić information content (AvgIpc) is 2.97. The van der Waals surface area contributed by atoms with Crippen LogP contribution in [0.25, 0.3) is 6.08 Å². The van der Waals surface area contributed by atoms with Crippen LogP contribution in [0.15, 0.2) is 36.4 Å². The summed E-state index contributed by atoms with van der Waals surface area (Å²) in [4.78, 5) is 31.8. The van der Waals surface area contributed by atoms with Gasteiger partial charge < -0.3 is 5.32 Å². The molecule has 1 aromatic carbocycles. The zero-order valence-electron chi connectivity index (χ0n) is 17.3. The van der Waals surface area contributed by atoms with Crippen LogP contribution in [-0.2, 0) is 4.79 Å². The second-order valence-electron chi connectivity index (χ2n) is 8.65. The number of nitrogens with one attached hydrogen (secondary N) is 1. The van der Waals surface area contributed by atoms with Crippen molar-refractivity contribution in [1.82, 2.24) is 20.0 Å². The van der Waals surface area contributed by atoms with E-state index in [0.717, 1.165) is 58.4 Å². The zero-order valence-corrected chi connectivity index (χ0v) is 17.3. The molecule has 1 aliphatic carbocycles. The Morgan fingerprint density at radius 1 is 1.07 bits per heavy atom. The molecule has 1 spiro atoms. The van der Waals surface area contributed by atoms with E-state index in [4.69, 9.17) is 0 Å². The Labute approximate surface area is 173 Å². The minimum atomic E-state index is -0.653. The molecule has 156 valence electrons. The highest BCUT2D eigenvalue weighted by molar-refractivity contribution is 6.07. The lowest BCUT2D eigenvalue weighted by atomic mass is 9.73. The fraction of sp³-hybridized carbons (Fsp3) is 0.565. The van der Waals surface area contributed by atoms with Crippen LogP contribution < -0.4 is 5.32 Å². The van der Waals surface area contributed by atoms with Gasteiger partial charge >= 0.3 is 6.03 Å². The number of carbonyl (C=O) groups is 2. The number of benzene rings is 1. The number of imide groups is 1. The molecule has 1 N–H and O–H groups in total. The number of carbonyl (C=O) groups excluding carboxylic acids is 2. The van der Waals surface area contributed by atoms with E-state index in [2.05, 4.69) is 46.3 Å². The number of urea groups is 1. The van der Waals surface area contributed by atoms with Crippen molar-refractivity contribution in [3.63, 3.8) is 0 Å². The summed E-state index contributed by atoms with van der Waals surface area (Å²) >= 11 is 0. The van der Waals surface area contributed by atoms with Crippen molar-refractivity contribution in [2.45, 2.75) is 38.1 Å². The first kappa shape index (κ1) is 20.1. The Bertz CT molecular complexity index is 757. The van der Waals surface area contributed by atoms with Crippen LogP contribution in [0.3, 0.4) is 0 Å². The monoisotopic (exact) mass is 396 g/mol. The van der Waals surface area contributed by atoms with Crippen LogP contribution in [0.4, 0.5) is 4.79 Å². The second kappa shape index (κ2) is 8.67. The summed E-state index contributed by atoms with van der Waals surface area (Å²) in [6, 6.07) is 10.1. The predicted molar refractivity (Wildman–Crippen MR) is 114 cm³/mol. The number of hydrogen-bond donors (Lipinski definition) is 1. The molecular weight excluding hydrogens is 364 g/mol. The number of rotatable bonds is 5. The second-order valence-corrected chi connectivity index (χ2v) is 8.65. The quantitative estimate of drug-likeness (QED) is 0.778. The molecule has 2 atom stereocenters. The minimum absolute atomic E-state index is 0.0112. The largest absolute Gasteiger partial charge is 0.326 e. The molecule has 0 aromatic heterocycles. The van der Waals surface area contributed by atoms with E-state index in [1.807, 2.05) is 18.2 Å². The molecule has 6 nitrogen and oxygen atoms in total. The molecule has 3 amide bonds. The summed E-state index contributed by atoms with van der Waals surface area (Å²) in [5.74, 6) is 0.203. The predicted octanol–water partition coefficient (Wildman–Crippen LogP) is 2.78. The first-order valence-corrected chi connectivity index (χ1v) is 10.9. The Balaban J connectivity index is 1.27. The van der Waals surface area contributed by atoms with Gasteiger partial charge in [0.15, 0.2) is 0 Å². The Morgan fingerprint density at radius 2 is 1.79 bits per heavy atom. The Morgan fingerprint density at radius 3 is 2.52 bits per heavy atom. The van der Waals surface area contributed by atoms with Crippen molar-refractivity contribution >= 4 is 18.0 Å². The van der Waals surface area contributed by atoms with Crippen LogP contribution in [0.2, 0.25) is 0 Å². The summed E-state index contributed by atoms with van der Waals surface area (Å²) < 4.78 is 0. The Kier molecular flexibility index (Phi) is 6.01. The van der Waals surface area contributed by atoms with Crippen molar-refractivity contribution in [3.05, 3.63) is 42.0 Å². The highest BCUT2D eigenvalue weighted by Crippen LogP contribution is 2.38. The van der Waals surface area contributed by atoms with Gasteiger partial charge in [-0.1, -0.05) is 62.2 Å². The van der Waals surface area contributed by atoms with Gasteiger partial charge in [0.1, 0.15) is 5.54 Å². The van der Waals surface area contributed by atoms with Gasteiger partial charge in [-0.05, 0) is 24.3 Å². The van der Waals surface area contributed by atoms with Gasteiger partial charge in [-0.2, -0.15) is 0 Å².